The molecule has 0 saturated heterocycles. The summed E-state index contributed by atoms with van der Waals surface area (Å²) >= 11 is 0. The number of benzene rings is 2. The van der Waals surface area contributed by atoms with Gasteiger partial charge in [-0.05, 0) is 49.7 Å². The molecule has 2 aromatic rings. The van der Waals surface area contributed by atoms with Gasteiger partial charge >= 0.3 is 10.1 Å². The molecule has 20 heavy (non-hydrogen) atoms. The first-order valence-corrected chi connectivity index (χ1v) is 7.49. The van der Waals surface area contributed by atoms with Crippen LogP contribution in [0.3, 0.4) is 0 Å². The van der Waals surface area contributed by atoms with Crippen LogP contribution < -0.4 is 8.92 Å². The van der Waals surface area contributed by atoms with E-state index in [1.54, 1.807) is 44.4 Å². The topological polar surface area (TPSA) is 52.6 Å². The van der Waals surface area contributed by atoms with Crippen molar-refractivity contribution in [2.75, 3.05) is 7.11 Å². The van der Waals surface area contributed by atoms with Crippen LogP contribution >= 0.6 is 0 Å². The van der Waals surface area contributed by atoms with Gasteiger partial charge in [-0.2, -0.15) is 8.42 Å². The summed E-state index contributed by atoms with van der Waals surface area (Å²) in [5.41, 5.74) is 1.77. The van der Waals surface area contributed by atoms with E-state index in [4.69, 9.17) is 8.92 Å². The lowest BCUT2D eigenvalue weighted by atomic mass is 10.2. The summed E-state index contributed by atoms with van der Waals surface area (Å²) in [5.74, 6) is 0.934. The zero-order chi connectivity index (χ0) is 14.8. The van der Waals surface area contributed by atoms with Crippen molar-refractivity contribution in [2.24, 2.45) is 0 Å². The first kappa shape index (κ1) is 14.4. The highest BCUT2D eigenvalue weighted by Gasteiger charge is 2.17. The van der Waals surface area contributed by atoms with Crippen LogP contribution in [0.1, 0.15) is 11.1 Å². The first-order valence-electron chi connectivity index (χ1n) is 6.08. The third kappa shape index (κ3) is 3.11. The van der Waals surface area contributed by atoms with Crippen molar-refractivity contribution in [3.63, 3.8) is 0 Å². The second-order valence-corrected chi connectivity index (χ2v) is 6.03. The SMILES string of the molecule is COc1ccc(S(=O)(=O)Oc2ccc(C)cc2)cc1C. The molecule has 0 fully saturated rings. The largest absolute Gasteiger partial charge is 0.496 e. The maximum absolute atomic E-state index is 12.2. The summed E-state index contributed by atoms with van der Waals surface area (Å²) in [7, 11) is -2.29. The van der Waals surface area contributed by atoms with Gasteiger partial charge in [0.2, 0.25) is 0 Å². The van der Waals surface area contributed by atoms with Gasteiger partial charge in [-0.3, -0.25) is 0 Å². The molecule has 0 radical (unpaired) electrons. The quantitative estimate of drug-likeness (QED) is 0.813. The van der Waals surface area contributed by atoms with Crippen molar-refractivity contribution in [3.8, 4) is 11.5 Å². The van der Waals surface area contributed by atoms with Gasteiger partial charge < -0.3 is 8.92 Å². The average molecular weight is 292 g/mol. The molecule has 0 aliphatic heterocycles. The second-order valence-electron chi connectivity index (χ2n) is 4.48. The van der Waals surface area contributed by atoms with Gasteiger partial charge in [-0.15, -0.1) is 0 Å². The van der Waals surface area contributed by atoms with Gasteiger partial charge in [0.1, 0.15) is 16.4 Å². The molecule has 0 aliphatic rings. The standard InChI is InChI=1S/C15H16O4S/c1-11-4-6-13(7-5-11)19-20(16,17)14-8-9-15(18-3)12(2)10-14/h4-10H,1-3H3. The summed E-state index contributed by atoms with van der Waals surface area (Å²) in [4.78, 5) is 0.108. The zero-order valence-electron chi connectivity index (χ0n) is 11.6. The molecule has 0 aliphatic carbocycles. The predicted octanol–water partition coefficient (Wildman–Crippen LogP) is 3.08. The molecule has 0 heterocycles. The van der Waals surface area contributed by atoms with Crippen molar-refractivity contribution in [1.82, 2.24) is 0 Å². The highest BCUT2D eigenvalue weighted by Crippen LogP contribution is 2.24. The van der Waals surface area contributed by atoms with E-state index in [1.165, 1.54) is 12.1 Å². The molecular weight excluding hydrogens is 276 g/mol. The Bertz CT molecular complexity index is 703. The Hall–Kier alpha value is -2.01. The molecule has 0 saturated carbocycles. The molecule has 5 heteroatoms. The number of rotatable bonds is 4. The van der Waals surface area contributed by atoms with Crippen molar-refractivity contribution in [2.45, 2.75) is 18.7 Å². The van der Waals surface area contributed by atoms with Gasteiger partial charge in [0, 0.05) is 0 Å². The van der Waals surface area contributed by atoms with Crippen LogP contribution in [-0.2, 0) is 10.1 Å². The molecule has 0 bridgehead atoms. The Morgan fingerprint density at radius 2 is 1.60 bits per heavy atom. The first-order chi connectivity index (χ1) is 9.42. The number of hydrogen-bond acceptors (Lipinski definition) is 4. The van der Waals surface area contributed by atoms with E-state index in [2.05, 4.69) is 0 Å². The van der Waals surface area contributed by atoms with Gasteiger partial charge in [-0.1, -0.05) is 17.7 Å². The van der Waals surface area contributed by atoms with Crippen molar-refractivity contribution >= 4 is 10.1 Å². The van der Waals surface area contributed by atoms with Crippen LogP contribution in [0.5, 0.6) is 11.5 Å². The highest BCUT2D eigenvalue weighted by molar-refractivity contribution is 7.87. The molecule has 0 amide bonds. The van der Waals surface area contributed by atoms with Crippen molar-refractivity contribution < 1.29 is 17.3 Å². The predicted molar refractivity (Wildman–Crippen MR) is 76.7 cm³/mol. The minimum atomic E-state index is -3.83. The van der Waals surface area contributed by atoms with E-state index in [1.807, 2.05) is 6.92 Å². The number of aryl methyl sites for hydroxylation is 2. The number of ether oxygens (including phenoxy) is 1. The second kappa shape index (κ2) is 5.54. The number of hydrogen-bond donors (Lipinski definition) is 0. The Labute approximate surface area is 119 Å². The Kier molecular flexibility index (Phi) is 3.99. The van der Waals surface area contributed by atoms with E-state index in [9.17, 15) is 8.42 Å². The Morgan fingerprint density at radius 1 is 0.950 bits per heavy atom. The number of methoxy groups -OCH3 is 1. The normalized spacial score (nSPS) is 11.2. The third-order valence-electron chi connectivity index (χ3n) is 2.88. The van der Waals surface area contributed by atoms with Gasteiger partial charge in [0.05, 0.1) is 7.11 Å². The monoisotopic (exact) mass is 292 g/mol. The maximum Gasteiger partial charge on any atom is 0.339 e. The van der Waals surface area contributed by atoms with Crippen molar-refractivity contribution in [3.05, 3.63) is 53.6 Å². The smallest absolute Gasteiger partial charge is 0.339 e. The van der Waals surface area contributed by atoms with Crippen LogP contribution in [0, 0.1) is 13.8 Å². The third-order valence-corrected chi connectivity index (χ3v) is 4.13. The van der Waals surface area contributed by atoms with Crippen LogP contribution in [0.2, 0.25) is 0 Å². The van der Waals surface area contributed by atoms with E-state index >= 15 is 0 Å². The molecule has 0 atom stereocenters. The van der Waals surface area contributed by atoms with Gasteiger partial charge in [0.15, 0.2) is 0 Å². The highest BCUT2D eigenvalue weighted by atomic mass is 32.2. The van der Waals surface area contributed by atoms with Crippen LogP contribution in [-0.4, -0.2) is 15.5 Å². The minimum absolute atomic E-state index is 0.108. The lowest BCUT2D eigenvalue weighted by molar-refractivity contribution is 0.411. The molecule has 4 nitrogen and oxygen atoms in total. The zero-order valence-corrected chi connectivity index (χ0v) is 12.4. The Balaban J connectivity index is 2.30. The van der Waals surface area contributed by atoms with Crippen LogP contribution in [0.4, 0.5) is 0 Å². The van der Waals surface area contributed by atoms with Crippen LogP contribution in [0.15, 0.2) is 47.4 Å². The molecule has 0 spiro atoms. The molecule has 0 N–H and O–H groups in total. The molecule has 0 aromatic heterocycles. The summed E-state index contributed by atoms with van der Waals surface area (Å²) in [5, 5.41) is 0. The fourth-order valence-electron chi connectivity index (χ4n) is 1.78. The fraction of sp³-hybridized carbons (Fsp3) is 0.200. The molecule has 2 aromatic carbocycles. The van der Waals surface area contributed by atoms with Crippen LogP contribution in [0.25, 0.3) is 0 Å². The Morgan fingerprint density at radius 3 is 2.15 bits per heavy atom. The van der Waals surface area contributed by atoms with E-state index < -0.39 is 10.1 Å². The molecule has 0 unspecified atom stereocenters. The molecule has 106 valence electrons. The minimum Gasteiger partial charge on any atom is -0.496 e. The summed E-state index contributed by atoms with van der Waals surface area (Å²) in [6.07, 6.45) is 0. The molecule has 2 rings (SSSR count). The van der Waals surface area contributed by atoms with Crippen molar-refractivity contribution in [1.29, 1.82) is 0 Å². The lowest BCUT2D eigenvalue weighted by Crippen LogP contribution is -2.10. The average Bonchev–Trinajstić information content (AvgIpc) is 2.41. The van der Waals surface area contributed by atoms with Gasteiger partial charge in [0.25, 0.3) is 0 Å². The lowest BCUT2D eigenvalue weighted by Gasteiger charge is -2.09. The summed E-state index contributed by atoms with van der Waals surface area (Å²) in [6, 6.07) is 11.5. The van der Waals surface area contributed by atoms with E-state index in [-0.39, 0.29) is 4.90 Å². The summed E-state index contributed by atoms with van der Waals surface area (Å²) in [6.45, 7) is 3.70. The fourth-order valence-corrected chi connectivity index (χ4v) is 2.79. The maximum atomic E-state index is 12.2. The van der Waals surface area contributed by atoms with E-state index in [0.717, 1.165) is 11.1 Å². The molecular formula is C15H16O4S. The van der Waals surface area contributed by atoms with Gasteiger partial charge in [-0.25, -0.2) is 0 Å². The van der Waals surface area contributed by atoms with E-state index in [0.29, 0.717) is 11.5 Å². The summed E-state index contributed by atoms with van der Waals surface area (Å²) < 4.78 is 34.6.